The lowest BCUT2D eigenvalue weighted by molar-refractivity contribution is -0.137. The molecule has 0 aliphatic heterocycles. The van der Waals surface area contributed by atoms with Gasteiger partial charge in [0.05, 0.1) is 5.56 Å². The molecular weight excluding hydrogens is 221 g/mol. The standard InChI is InChI=1S/C11H11F3O2/c1-2-9(15)10(16)7-3-5-8(6-4-7)11(12,13)14/h3-6,10,16H,2H2,1H3. The topological polar surface area (TPSA) is 37.3 Å². The SMILES string of the molecule is CCC(=O)C(O)c1ccc(C(F)(F)F)cc1. The van der Waals surface area contributed by atoms with E-state index in [9.17, 15) is 23.1 Å². The van der Waals surface area contributed by atoms with E-state index in [2.05, 4.69) is 0 Å². The lowest BCUT2D eigenvalue weighted by Gasteiger charge is -2.10. The minimum absolute atomic E-state index is 0.141. The van der Waals surface area contributed by atoms with Crippen LogP contribution in [-0.4, -0.2) is 10.9 Å². The Hall–Kier alpha value is -1.36. The van der Waals surface area contributed by atoms with Crippen LogP contribution >= 0.6 is 0 Å². The van der Waals surface area contributed by atoms with Gasteiger partial charge in [0.25, 0.3) is 0 Å². The molecule has 0 saturated heterocycles. The van der Waals surface area contributed by atoms with Gasteiger partial charge < -0.3 is 5.11 Å². The number of carbonyl (C=O) groups excluding carboxylic acids is 1. The number of halogens is 3. The van der Waals surface area contributed by atoms with Crippen molar-refractivity contribution in [2.24, 2.45) is 0 Å². The summed E-state index contributed by atoms with van der Waals surface area (Å²) < 4.78 is 36.6. The average Bonchev–Trinajstić information content (AvgIpc) is 2.26. The predicted octanol–water partition coefficient (Wildman–Crippen LogP) is 2.72. The van der Waals surface area contributed by atoms with Crippen molar-refractivity contribution < 1.29 is 23.1 Å². The van der Waals surface area contributed by atoms with Crippen LogP contribution in [0.3, 0.4) is 0 Å². The number of Topliss-reactive ketones (excluding diaryl/α,β-unsaturated/α-hetero) is 1. The molecule has 0 heterocycles. The summed E-state index contributed by atoms with van der Waals surface area (Å²) >= 11 is 0. The summed E-state index contributed by atoms with van der Waals surface area (Å²) in [5, 5.41) is 9.45. The quantitative estimate of drug-likeness (QED) is 0.869. The molecule has 1 rings (SSSR count). The summed E-state index contributed by atoms with van der Waals surface area (Å²) in [6, 6.07) is 3.92. The number of rotatable bonds is 3. The largest absolute Gasteiger partial charge is 0.416 e. The predicted molar refractivity (Wildman–Crippen MR) is 51.7 cm³/mol. The van der Waals surface area contributed by atoms with Gasteiger partial charge in [0.2, 0.25) is 0 Å². The first-order valence-corrected chi connectivity index (χ1v) is 4.74. The molecule has 0 spiro atoms. The highest BCUT2D eigenvalue weighted by Crippen LogP contribution is 2.30. The first-order valence-electron chi connectivity index (χ1n) is 4.74. The molecule has 0 aliphatic carbocycles. The molecule has 1 aromatic rings. The zero-order valence-corrected chi connectivity index (χ0v) is 8.58. The second kappa shape index (κ2) is 4.65. The van der Waals surface area contributed by atoms with Crippen molar-refractivity contribution in [2.45, 2.75) is 25.6 Å². The van der Waals surface area contributed by atoms with E-state index in [1.807, 2.05) is 0 Å². The van der Waals surface area contributed by atoms with Crippen LogP contribution in [0.4, 0.5) is 13.2 Å². The molecule has 0 aliphatic rings. The fraction of sp³-hybridized carbons (Fsp3) is 0.364. The van der Waals surface area contributed by atoms with Gasteiger partial charge in [-0.3, -0.25) is 4.79 Å². The van der Waals surface area contributed by atoms with E-state index in [0.717, 1.165) is 24.3 Å². The number of aliphatic hydroxyl groups is 1. The van der Waals surface area contributed by atoms with Gasteiger partial charge in [0, 0.05) is 6.42 Å². The molecule has 16 heavy (non-hydrogen) atoms. The van der Waals surface area contributed by atoms with Gasteiger partial charge >= 0.3 is 6.18 Å². The van der Waals surface area contributed by atoms with Crippen LogP contribution in [0.25, 0.3) is 0 Å². The van der Waals surface area contributed by atoms with Crippen molar-refractivity contribution >= 4 is 5.78 Å². The van der Waals surface area contributed by atoms with Crippen LogP contribution in [0.15, 0.2) is 24.3 Å². The van der Waals surface area contributed by atoms with Crippen LogP contribution in [-0.2, 0) is 11.0 Å². The lowest BCUT2D eigenvalue weighted by atomic mass is 10.0. The Morgan fingerprint density at radius 3 is 2.19 bits per heavy atom. The molecule has 5 heteroatoms. The third-order valence-electron chi connectivity index (χ3n) is 2.21. The molecule has 0 aromatic heterocycles. The van der Waals surface area contributed by atoms with Crippen LogP contribution in [0.5, 0.6) is 0 Å². The maximum Gasteiger partial charge on any atom is 0.416 e. The normalized spacial score (nSPS) is 13.6. The number of benzene rings is 1. The summed E-state index contributed by atoms with van der Waals surface area (Å²) in [7, 11) is 0. The number of carbonyl (C=O) groups is 1. The highest BCUT2D eigenvalue weighted by atomic mass is 19.4. The highest BCUT2D eigenvalue weighted by Gasteiger charge is 2.30. The van der Waals surface area contributed by atoms with Gasteiger partial charge in [0.1, 0.15) is 6.10 Å². The Bertz CT molecular complexity index is 368. The molecule has 0 radical (unpaired) electrons. The Balaban J connectivity index is 2.91. The van der Waals surface area contributed by atoms with Crippen LogP contribution in [0.1, 0.15) is 30.6 Å². The van der Waals surface area contributed by atoms with E-state index in [-0.39, 0.29) is 12.0 Å². The second-order valence-corrected chi connectivity index (χ2v) is 3.34. The molecule has 1 atom stereocenters. The Morgan fingerprint density at radius 2 is 1.81 bits per heavy atom. The van der Waals surface area contributed by atoms with E-state index in [1.54, 1.807) is 6.92 Å². The first-order chi connectivity index (χ1) is 7.36. The van der Waals surface area contributed by atoms with Gasteiger partial charge in [-0.15, -0.1) is 0 Å². The minimum atomic E-state index is -4.40. The zero-order valence-electron chi connectivity index (χ0n) is 8.58. The third-order valence-corrected chi connectivity index (χ3v) is 2.21. The van der Waals surface area contributed by atoms with Crippen molar-refractivity contribution in [3.63, 3.8) is 0 Å². The monoisotopic (exact) mass is 232 g/mol. The molecule has 1 unspecified atom stereocenters. The lowest BCUT2D eigenvalue weighted by Crippen LogP contribution is -2.11. The van der Waals surface area contributed by atoms with Gasteiger partial charge in [-0.2, -0.15) is 13.2 Å². The van der Waals surface area contributed by atoms with Gasteiger partial charge in [-0.05, 0) is 17.7 Å². The number of ketones is 1. The van der Waals surface area contributed by atoms with Gasteiger partial charge in [-0.1, -0.05) is 19.1 Å². The summed E-state index contributed by atoms with van der Waals surface area (Å²) in [5.41, 5.74) is -0.618. The van der Waals surface area contributed by atoms with Crippen molar-refractivity contribution in [1.29, 1.82) is 0 Å². The average molecular weight is 232 g/mol. The van der Waals surface area contributed by atoms with Crippen molar-refractivity contribution in [3.05, 3.63) is 35.4 Å². The third kappa shape index (κ3) is 2.82. The highest BCUT2D eigenvalue weighted by molar-refractivity contribution is 5.83. The van der Waals surface area contributed by atoms with Crippen LogP contribution in [0.2, 0.25) is 0 Å². The fourth-order valence-electron chi connectivity index (χ4n) is 1.23. The van der Waals surface area contributed by atoms with Crippen molar-refractivity contribution in [2.75, 3.05) is 0 Å². The number of alkyl halides is 3. The van der Waals surface area contributed by atoms with E-state index in [1.165, 1.54) is 0 Å². The number of aliphatic hydroxyl groups excluding tert-OH is 1. The summed E-state index contributed by atoms with van der Waals surface area (Å²) in [4.78, 5) is 11.1. The molecule has 0 fully saturated rings. The molecule has 1 aromatic carbocycles. The molecule has 0 saturated carbocycles. The Morgan fingerprint density at radius 1 is 1.31 bits per heavy atom. The van der Waals surface area contributed by atoms with E-state index < -0.39 is 23.6 Å². The molecule has 0 amide bonds. The maximum absolute atomic E-state index is 12.2. The van der Waals surface area contributed by atoms with Crippen molar-refractivity contribution in [3.8, 4) is 0 Å². The van der Waals surface area contributed by atoms with E-state index in [0.29, 0.717) is 0 Å². The van der Waals surface area contributed by atoms with Crippen LogP contribution < -0.4 is 0 Å². The molecule has 2 nitrogen and oxygen atoms in total. The Kier molecular flexibility index (Phi) is 3.70. The number of hydrogen-bond donors (Lipinski definition) is 1. The van der Waals surface area contributed by atoms with Crippen molar-refractivity contribution in [1.82, 2.24) is 0 Å². The van der Waals surface area contributed by atoms with Crippen LogP contribution in [0, 0.1) is 0 Å². The second-order valence-electron chi connectivity index (χ2n) is 3.34. The minimum Gasteiger partial charge on any atom is -0.381 e. The summed E-state index contributed by atoms with van der Waals surface area (Å²) in [5.74, 6) is -0.417. The molecular formula is C11H11F3O2. The molecule has 0 bridgehead atoms. The molecule has 1 N–H and O–H groups in total. The smallest absolute Gasteiger partial charge is 0.381 e. The van der Waals surface area contributed by atoms with E-state index in [4.69, 9.17) is 0 Å². The Labute approximate surface area is 90.7 Å². The first kappa shape index (κ1) is 12.7. The summed E-state index contributed by atoms with van der Waals surface area (Å²) in [6.07, 6.45) is -5.60. The fourth-order valence-corrected chi connectivity index (χ4v) is 1.23. The molecule has 88 valence electrons. The number of hydrogen-bond acceptors (Lipinski definition) is 2. The zero-order chi connectivity index (χ0) is 12.3. The van der Waals surface area contributed by atoms with Gasteiger partial charge in [-0.25, -0.2) is 0 Å². The maximum atomic E-state index is 12.2. The van der Waals surface area contributed by atoms with E-state index >= 15 is 0 Å². The summed E-state index contributed by atoms with van der Waals surface area (Å²) in [6.45, 7) is 1.58. The van der Waals surface area contributed by atoms with Gasteiger partial charge in [0.15, 0.2) is 5.78 Å².